The second kappa shape index (κ2) is 10.6. The maximum Gasteiger partial charge on any atom is 0.273 e. The van der Waals surface area contributed by atoms with Crippen LogP contribution in [0.2, 0.25) is 0 Å². The first kappa shape index (κ1) is 25.6. The Kier molecular flexibility index (Phi) is 7.35. The molecule has 186 valence electrons. The summed E-state index contributed by atoms with van der Waals surface area (Å²) in [4.78, 5) is 26.4. The SMILES string of the molecule is COc1ccc(C=c2sc(=C(C#N)C(=O)Nc3ccc(S(N)(=O)=O)cc3)n(-c3ccccc3)c2=O)cc1. The van der Waals surface area contributed by atoms with Crippen molar-refractivity contribution in [3.05, 3.63) is 104 Å². The summed E-state index contributed by atoms with van der Waals surface area (Å²) < 4.78 is 29.9. The van der Waals surface area contributed by atoms with Gasteiger partial charge in [0, 0.05) is 5.69 Å². The van der Waals surface area contributed by atoms with Crippen LogP contribution in [-0.4, -0.2) is 26.0 Å². The number of hydrogen-bond donors (Lipinski definition) is 2. The number of carbonyl (C=O) groups is 1. The van der Waals surface area contributed by atoms with E-state index in [1.54, 1.807) is 67.8 Å². The molecule has 0 unspecified atom stereocenters. The summed E-state index contributed by atoms with van der Waals surface area (Å²) in [5.41, 5.74) is 0.811. The quantitative estimate of drug-likeness (QED) is 0.387. The van der Waals surface area contributed by atoms with Gasteiger partial charge in [-0.3, -0.25) is 14.2 Å². The van der Waals surface area contributed by atoms with Gasteiger partial charge in [-0.2, -0.15) is 5.26 Å². The standard InChI is InChI=1S/C26H20N4O5S2/c1-35-20-11-7-17(8-12-20)15-23-25(32)30(19-5-3-2-4-6-19)26(36-23)22(16-27)24(31)29-18-9-13-21(14-10-18)37(28,33)34/h2-15H,1H3,(H,29,31)(H2,28,33,34). The van der Waals surface area contributed by atoms with Crippen molar-refractivity contribution >= 4 is 44.6 Å². The minimum atomic E-state index is -3.90. The number of nitrogens with one attached hydrogen (secondary N) is 1. The number of anilines is 1. The van der Waals surface area contributed by atoms with Gasteiger partial charge in [0.25, 0.3) is 11.5 Å². The van der Waals surface area contributed by atoms with Gasteiger partial charge in [-0.25, -0.2) is 13.6 Å². The molecule has 0 spiro atoms. The number of carbonyl (C=O) groups excluding carboxylic acids is 1. The molecule has 3 aromatic carbocycles. The Morgan fingerprint density at radius 2 is 1.70 bits per heavy atom. The third-order valence-corrected chi connectivity index (χ3v) is 7.27. The highest BCUT2D eigenvalue weighted by Crippen LogP contribution is 2.14. The maximum atomic E-state index is 13.4. The van der Waals surface area contributed by atoms with Gasteiger partial charge >= 0.3 is 0 Å². The van der Waals surface area contributed by atoms with Crippen molar-refractivity contribution in [2.24, 2.45) is 5.14 Å². The Hall–Kier alpha value is -4.50. The zero-order valence-corrected chi connectivity index (χ0v) is 21.0. The second-order valence-electron chi connectivity index (χ2n) is 7.68. The van der Waals surface area contributed by atoms with Crippen LogP contribution in [0.1, 0.15) is 5.56 Å². The van der Waals surface area contributed by atoms with Crippen LogP contribution in [0.15, 0.2) is 88.6 Å². The molecular weight excluding hydrogens is 512 g/mol. The molecule has 3 N–H and O–H groups in total. The molecule has 37 heavy (non-hydrogen) atoms. The van der Waals surface area contributed by atoms with Crippen LogP contribution in [0.4, 0.5) is 5.69 Å². The number of nitrogens with two attached hydrogens (primary N) is 1. The van der Waals surface area contributed by atoms with Gasteiger partial charge in [0.05, 0.1) is 22.2 Å². The van der Waals surface area contributed by atoms with Gasteiger partial charge in [0.15, 0.2) is 5.57 Å². The summed E-state index contributed by atoms with van der Waals surface area (Å²) in [5, 5.41) is 17.6. The first-order valence-electron chi connectivity index (χ1n) is 10.7. The van der Waals surface area contributed by atoms with Crippen molar-refractivity contribution in [2.75, 3.05) is 12.4 Å². The number of para-hydroxylation sites is 1. The van der Waals surface area contributed by atoms with Gasteiger partial charge in [-0.15, -0.1) is 11.3 Å². The monoisotopic (exact) mass is 532 g/mol. The topological polar surface area (TPSA) is 144 Å². The molecule has 0 fully saturated rings. The summed E-state index contributed by atoms with van der Waals surface area (Å²) in [5.74, 6) is -0.0904. The summed E-state index contributed by atoms with van der Waals surface area (Å²) in [6.07, 6.45) is 1.67. The Balaban J connectivity index is 1.86. The number of ether oxygens (including phenoxy) is 1. The highest BCUT2D eigenvalue weighted by Gasteiger charge is 2.18. The predicted octanol–water partition coefficient (Wildman–Crippen LogP) is 1.70. The number of primary sulfonamides is 1. The summed E-state index contributed by atoms with van der Waals surface area (Å²) in [6, 6.07) is 22.9. The Morgan fingerprint density at radius 3 is 2.27 bits per heavy atom. The van der Waals surface area contributed by atoms with E-state index < -0.39 is 15.9 Å². The van der Waals surface area contributed by atoms with Gasteiger partial charge < -0.3 is 10.1 Å². The summed E-state index contributed by atoms with van der Waals surface area (Å²) in [7, 11) is -2.34. The minimum absolute atomic E-state index is 0.120. The normalized spacial score (nSPS) is 12.5. The molecule has 1 aromatic heterocycles. The molecule has 0 radical (unpaired) electrons. The van der Waals surface area contributed by atoms with Crippen molar-refractivity contribution in [1.82, 2.24) is 4.57 Å². The van der Waals surface area contributed by atoms with E-state index >= 15 is 0 Å². The van der Waals surface area contributed by atoms with E-state index in [9.17, 15) is 23.3 Å². The zero-order valence-electron chi connectivity index (χ0n) is 19.4. The van der Waals surface area contributed by atoms with Gasteiger partial charge in [0.2, 0.25) is 10.0 Å². The van der Waals surface area contributed by atoms with E-state index in [1.165, 1.54) is 28.8 Å². The third kappa shape index (κ3) is 5.68. The van der Waals surface area contributed by atoms with E-state index in [0.29, 0.717) is 16.0 Å². The highest BCUT2D eigenvalue weighted by molar-refractivity contribution is 7.89. The molecule has 11 heteroatoms. The van der Waals surface area contributed by atoms with Gasteiger partial charge in [-0.1, -0.05) is 30.3 Å². The van der Waals surface area contributed by atoms with Crippen LogP contribution in [0, 0.1) is 11.3 Å². The first-order chi connectivity index (χ1) is 17.7. The van der Waals surface area contributed by atoms with E-state index in [-0.39, 0.29) is 26.4 Å². The summed E-state index contributed by atoms with van der Waals surface area (Å²) in [6.45, 7) is 0. The molecule has 0 aliphatic carbocycles. The Morgan fingerprint density at radius 1 is 1.05 bits per heavy atom. The van der Waals surface area contributed by atoms with E-state index in [0.717, 1.165) is 16.9 Å². The Labute approximate surface area is 216 Å². The highest BCUT2D eigenvalue weighted by atomic mass is 32.2. The summed E-state index contributed by atoms with van der Waals surface area (Å²) >= 11 is 1.01. The molecule has 4 aromatic rings. The molecule has 0 saturated heterocycles. The lowest BCUT2D eigenvalue weighted by atomic mass is 10.2. The minimum Gasteiger partial charge on any atom is -0.497 e. The molecule has 1 amide bonds. The third-order valence-electron chi connectivity index (χ3n) is 5.25. The first-order valence-corrected chi connectivity index (χ1v) is 13.1. The van der Waals surface area contributed by atoms with Crippen molar-refractivity contribution in [3.8, 4) is 17.5 Å². The number of thiazole rings is 1. The van der Waals surface area contributed by atoms with Gasteiger partial charge in [0.1, 0.15) is 16.5 Å². The van der Waals surface area contributed by atoms with Crippen molar-refractivity contribution in [3.63, 3.8) is 0 Å². The maximum absolute atomic E-state index is 13.4. The van der Waals surface area contributed by atoms with E-state index in [1.807, 2.05) is 6.07 Å². The van der Waals surface area contributed by atoms with Crippen LogP contribution in [-0.2, 0) is 14.8 Å². The number of aromatic nitrogens is 1. The second-order valence-corrected chi connectivity index (χ2v) is 10.3. The van der Waals surface area contributed by atoms with Crippen molar-refractivity contribution in [1.29, 1.82) is 5.26 Å². The van der Waals surface area contributed by atoms with E-state index in [4.69, 9.17) is 9.88 Å². The fourth-order valence-electron chi connectivity index (χ4n) is 3.43. The number of nitrogens with zero attached hydrogens (tertiary/aromatic N) is 2. The predicted molar refractivity (Wildman–Crippen MR) is 141 cm³/mol. The average molecular weight is 533 g/mol. The molecular formula is C26H20N4O5S2. The number of hydrogen-bond acceptors (Lipinski definition) is 7. The fraction of sp³-hybridized carbons (Fsp3) is 0.0385. The van der Waals surface area contributed by atoms with Crippen molar-refractivity contribution < 1.29 is 17.9 Å². The molecule has 9 nitrogen and oxygen atoms in total. The molecule has 0 saturated carbocycles. The molecule has 0 bridgehead atoms. The van der Waals surface area contributed by atoms with Gasteiger partial charge in [-0.05, 0) is 60.2 Å². The fourth-order valence-corrected chi connectivity index (χ4v) is 5.05. The Bertz CT molecular complexity index is 1780. The van der Waals surface area contributed by atoms with Crippen LogP contribution in [0.25, 0.3) is 17.3 Å². The lowest BCUT2D eigenvalue weighted by molar-refractivity contribution is -0.111. The van der Waals surface area contributed by atoms with Crippen molar-refractivity contribution in [2.45, 2.75) is 4.90 Å². The lowest BCUT2D eigenvalue weighted by Crippen LogP contribution is -2.32. The number of methoxy groups -OCH3 is 1. The molecule has 0 atom stereocenters. The number of sulfonamides is 1. The number of benzene rings is 3. The van der Waals surface area contributed by atoms with Crippen LogP contribution < -0.4 is 29.9 Å². The van der Waals surface area contributed by atoms with Crippen LogP contribution >= 0.6 is 11.3 Å². The number of rotatable bonds is 6. The van der Waals surface area contributed by atoms with Crippen LogP contribution in [0.3, 0.4) is 0 Å². The molecule has 1 heterocycles. The lowest BCUT2D eigenvalue weighted by Gasteiger charge is -2.06. The smallest absolute Gasteiger partial charge is 0.273 e. The van der Waals surface area contributed by atoms with E-state index in [2.05, 4.69) is 5.32 Å². The largest absolute Gasteiger partial charge is 0.497 e. The molecule has 0 aliphatic heterocycles. The molecule has 0 aliphatic rings. The zero-order chi connectivity index (χ0) is 26.6. The van der Waals surface area contributed by atoms with Crippen LogP contribution in [0.5, 0.6) is 5.75 Å². The molecule has 4 rings (SSSR count). The number of amides is 1. The number of nitriles is 1. The average Bonchev–Trinajstić information content (AvgIpc) is 3.20.